The zero-order chi connectivity index (χ0) is 12.0. The average molecular weight is 217 g/mol. The van der Waals surface area contributed by atoms with Crippen LogP contribution in [-0.2, 0) is 0 Å². The number of hydrogen-bond acceptors (Lipinski definition) is 2. The predicted octanol–water partition coefficient (Wildman–Crippen LogP) is 2.81. The van der Waals surface area contributed by atoms with Crippen molar-refractivity contribution in [1.82, 2.24) is 0 Å². The molecule has 0 radical (unpaired) electrons. The van der Waals surface area contributed by atoms with E-state index in [0.29, 0.717) is 0 Å². The molecular formula is C14H19NO. The third-order valence-electron chi connectivity index (χ3n) is 2.70. The van der Waals surface area contributed by atoms with Crippen LogP contribution in [0.25, 0.3) is 0 Å². The van der Waals surface area contributed by atoms with Crippen LogP contribution in [0.1, 0.15) is 36.4 Å². The number of unbranched alkanes of at least 4 members (excludes halogenated alkanes) is 1. The van der Waals surface area contributed by atoms with Crippen LogP contribution >= 0.6 is 0 Å². The van der Waals surface area contributed by atoms with Gasteiger partial charge < -0.3 is 10.5 Å². The Morgan fingerprint density at radius 1 is 1.50 bits per heavy atom. The summed E-state index contributed by atoms with van der Waals surface area (Å²) >= 11 is 0. The van der Waals surface area contributed by atoms with Gasteiger partial charge in [-0.1, -0.05) is 12.1 Å². The van der Waals surface area contributed by atoms with Gasteiger partial charge in [0.2, 0.25) is 0 Å². The summed E-state index contributed by atoms with van der Waals surface area (Å²) in [7, 11) is 1.68. The maximum atomic E-state index is 6.09. The average Bonchev–Trinajstić information content (AvgIpc) is 2.30. The second kappa shape index (κ2) is 6.19. The summed E-state index contributed by atoms with van der Waals surface area (Å²) in [5.41, 5.74) is 8.32. The largest absolute Gasteiger partial charge is 0.496 e. The van der Waals surface area contributed by atoms with Crippen molar-refractivity contribution in [3.63, 3.8) is 0 Å². The maximum Gasteiger partial charge on any atom is 0.122 e. The van der Waals surface area contributed by atoms with E-state index in [1.54, 1.807) is 7.11 Å². The Balaban J connectivity index is 2.69. The van der Waals surface area contributed by atoms with Gasteiger partial charge in [-0.3, -0.25) is 0 Å². The summed E-state index contributed by atoms with van der Waals surface area (Å²) in [6.45, 7) is 2.02. The molecule has 2 N–H and O–H groups in total. The predicted molar refractivity (Wildman–Crippen MR) is 67.3 cm³/mol. The number of aryl methyl sites for hydroxylation is 1. The lowest BCUT2D eigenvalue weighted by Crippen LogP contribution is -2.10. The third kappa shape index (κ3) is 3.29. The fourth-order valence-corrected chi connectivity index (χ4v) is 1.66. The van der Waals surface area contributed by atoms with E-state index in [9.17, 15) is 0 Å². The molecule has 0 aliphatic rings. The molecular weight excluding hydrogens is 198 g/mol. The van der Waals surface area contributed by atoms with Crippen molar-refractivity contribution in [2.45, 2.75) is 32.2 Å². The minimum atomic E-state index is 0.0443. The first-order valence-electron chi connectivity index (χ1n) is 5.52. The topological polar surface area (TPSA) is 35.2 Å². The Morgan fingerprint density at radius 2 is 2.25 bits per heavy atom. The highest BCUT2D eigenvalue weighted by atomic mass is 16.5. The van der Waals surface area contributed by atoms with Crippen molar-refractivity contribution >= 4 is 0 Å². The molecule has 0 aromatic heterocycles. The number of rotatable bonds is 5. The first kappa shape index (κ1) is 12.6. The lowest BCUT2D eigenvalue weighted by Gasteiger charge is -2.13. The zero-order valence-electron chi connectivity index (χ0n) is 9.99. The van der Waals surface area contributed by atoms with Crippen molar-refractivity contribution < 1.29 is 4.74 Å². The SMILES string of the molecule is C#CCCCC(N)c1ccc(C)c(OC)c1. The summed E-state index contributed by atoms with van der Waals surface area (Å²) in [5.74, 6) is 3.52. The molecule has 0 saturated heterocycles. The highest BCUT2D eigenvalue weighted by Crippen LogP contribution is 2.24. The standard InChI is InChI=1S/C14H19NO/c1-4-5-6-7-13(15)12-9-8-11(2)14(10-12)16-3/h1,8-10,13H,5-7,15H2,2-3H3. The Bertz CT molecular complexity index is 379. The van der Waals surface area contributed by atoms with Gasteiger partial charge in [0.05, 0.1) is 7.11 Å². The number of nitrogens with two attached hydrogens (primary N) is 1. The van der Waals surface area contributed by atoms with Crippen LogP contribution in [0.5, 0.6) is 5.75 Å². The summed E-state index contributed by atoms with van der Waals surface area (Å²) < 4.78 is 5.27. The molecule has 0 saturated carbocycles. The van der Waals surface area contributed by atoms with Crippen LogP contribution < -0.4 is 10.5 Å². The van der Waals surface area contributed by atoms with Crippen LogP contribution in [-0.4, -0.2) is 7.11 Å². The molecule has 1 unspecified atom stereocenters. The van der Waals surface area contributed by atoms with Crippen LogP contribution in [0.15, 0.2) is 18.2 Å². The van der Waals surface area contributed by atoms with E-state index < -0.39 is 0 Å². The molecule has 2 nitrogen and oxygen atoms in total. The molecule has 1 aromatic carbocycles. The van der Waals surface area contributed by atoms with Crippen molar-refractivity contribution in [2.24, 2.45) is 5.73 Å². The van der Waals surface area contributed by atoms with Crippen molar-refractivity contribution in [3.05, 3.63) is 29.3 Å². The fourth-order valence-electron chi connectivity index (χ4n) is 1.66. The molecule has 0 fully saturated rings. The molecule has 2 heteroatoms. The molecule has 86 valence electrons. The number of benzene rings is 1. The first-order chi connectivity index (χ1) is 7.69. The van der Waals surface area contributed by atoms with Gasteiger partial charge in [0.1, 0.15) is 5.75 Å². The monoisotopic (exact) mass is 217 g/mol. The number of methoxy groups -OCH3 is 1. The zero-order valence-corrected chi connectivity index (χ0v) is 9.99. The van der Waals surface area contributed by atoms with Crippen molar-refractivity contribution in [3.8, 4) is 18.1 Å². The van der Waals surface area contributed by atoms with Gasteiger partial charge in [-0.15, -0.1) is 12.3 Å². The third-order valence-corrected chi connectivity index (χ3v) is 2.70. The fraction of sp³-hybridized carbons (Fsp3) is 0.429. The normalized spacial score (nSPS) is 11.9. The molecule has 1 atom stereocenters. The first-order valence-corrected chi connectivity index (χ1v) is 5.52. The summed E-state index contributed by atoms with van der Waals surface area (Å²) in [6.07, 6.45) is 7.88. The minimum Gasteiger partial charge on any atom is -0.496 e. The lowest BCUT2D eigenvalue weighted by molar-refractivity contribution is 0.410. The molecule has 0 amide bonds. The maximum absolute atomic E-state index is 6.09. The Hall–Kier alpha value is -1.46. The second-order valence-corrected chi connectivity index (χ2v) is 3.93. The van der Waals surface area contributed by atoms with E-state index in [4.69, 9.17) is 16.9 Å². The van der Waals surface area contributed by atoms with Crippen molar-refractivity contribution in [2.75, 3.05) is 7.11 Å². The van der Waals surface area contributed by atoms with Crippen molar-refractivity contribution in [1.29, 1.82) is 0 Å². The van der Waals surface area contributed by atoms with E-state index in [1.807, 2.05) is 19.1 Å². The van der Waals surface area contributed by atoms with E-state index in [2.05, 4.69) is 12.0 Å². The quantitative estimate of drug-likeness (QED) is 0.608. The minimum absolute atomic E-state index is 0.0443. The van der Waals surface area contributed by atoms with Crippen LogP contribution in [0.4, 0.5) is 0 Å². The van der Waals surface area contributed by atoms with E-state index in [0.717, 1.165) is 36.1 Å². The molecule has 0 bridgehead atoms. The van der Waals surface area contributed by atoms with E-state index in [1.165, 1.54) is 0 Å². The molecule has 0 spiro atoms. The van der Waals surface area contributed by atoms with Gasteiger partial charge in [-0.25, -0.2) is 0 Å². The summed E-state index contributed by atoms with van der Waals surface area (Å²) in [6, 6.07) is 6.14. The van der Waals surface area contributed by atoms with Gasteiger partial charge in [0.25, 0.3) is 0 Å². The smallest absolute Gasteiger partial charge is 0.122 e. The molecule has 16 heavy (non-hydrogen) atoms. The molecule has 0 aliphatic carbocycles. The van der Waals surface area contributed by atoms with Crippen LogP contribution in [0, 0.1) is 19.3 Å². The highest BCUT2D eigenvalue weighted by Gasteiger charge is 2.07. The number of terminal acetylenes is 1. The number of hydrogen-bond donors (Lipinski definition) is 1. The van der Waals surface area contributed by atoms with Crippen LogP contribution in [0.3, 0.4) is 0 Å². The summed E-state index contributed by atoms with van der Waals surface area (Å²) in [5, 5.41) is 0. The molecule has 0 heterocycles. The van der Waals surface area contributed by atoms with Gasteiger partial charge in [-0.2, -0.15) is 0 Å². The Kier molecular flexibility index (Phi) is 4.88. The summed E-state index contributed by atoms with van der Waals surface area (Å²) in [4.78, 5) is 0. The lowest BCUT2D eigenvalue weighted by atomic mass is 10.0. The Labute approximate surface area is 97.8 Å². The number of ether oxygens (including phenoxy) is 1. The van der Waals surface area contributed by atoms with Gasteiger partial charge in [0.15, 0.2) is 0 Å². The second-order valence-electron chi connectivity index (χ2n) is 3.93. The molecule has 1 aromatic rings. The van der Waals surface area contributed by atoms with Gasteiger partial charge in [-0.05, 0) is 37.0 Å². The van der Waals surface area contributed by atoms with Crippen LogP contribution in [0.2, 0.25) is 0 Å². The molecule has 1 rings (SSSR count). The Morgan fingerprint density at radius 3 is 2.88 bits per heavy atom. The van der Waals surface area contributed by atoms with E-state index >= 15 is 0 Å². The molecule has 0 aliphatic heterocycles. The van der Waals surface area contributed by atoms with Gasteiger partial charge in [0, 0.05) is 12.5 Å². The highest BCUT2D eigenvalue weighted by molar-refractivity contribution is 5.37. The van der Waals surface area contributed by atoms with E-state index in [-0.39, 0.29) is 6.04 Å². The van der Waals surface area contributed by atoms with Gasteiger partial charge >= 0.3 is 0 Å².